The summed E-state index contributed by atoms with van der Waals surface area (Å²) in [6, 6.07) is 0. The minimum atomic E-state index is -0.411. The van der Waals surface area contributed by atoms with Crippen molar-refractivity contribution in [2.75, 3.05) is 26.3 Å². The maximum atomic E-state index is 11.7. The van der Waals surface area contributed by atoms with Crippen molar-refractivity contribution < 1.29 is 14.3 Å². The van der Waals surface area contributed by atoms with Gasteiger partial charge in [-0.25, -0.2) is 4.79 Å². The normalized spacial score (nSPS) is 16.0. The lowest BCUT2D eigenvalue weighted by atomic mass is 9.95. The van der Waals surface area contributed by atoms with Gasteiger partial charge in [0.25, 0.3) is 0 Å². The molecule has 1 aliphatic heterocycles. The summed E-state index contributed by atoms with van der Waals surface area (Å²) in [4.78, 5) is 13.4. The van der Waals surface area contributed by atoms with Crippen molar-refractivity contribution in [3.8, 4) is 12.3 Å². The van der Waals surface area contributed by atoms with Crippen LogP contribution >= 0.6 is 0 Å². The second kappa shape index (κ2) is 6.65. The van der Waals surface area contributed by atoms with E-state index in [0.29, 0.717) is 19.1 Å². The summed E-state index contributed by atoms with van der Waals surface area (Å²) in [7, 11) is 0. The number of carbonyl (C=O) groups excluding carboxylic acids is 1. The molecule has 1 rings (SSSR count). The number of amides is 1. The predicted molar refractivity (Wildman–Crippen MR) is 70.2 cm³/mol. The van der Waals surface area contributed by atoms with Crippen molar-refractivity contribution in [3.63, 3.8) is 0 Å². The van der Waals surface area contributed by atoms with Crippen LogP contribution < -0.4 is 0 Å². The second-order valence-electron chi connectivity index (χ2n) is 5.65. The topological polar surface area (TPSA) is 38.8 Å². The Morgan fingerprint density at radius 2 is 2.11 bits per heavy atom. The van der Waals surface area contributed by atoms with Gasteiger partial charge in [-0.05, 0) is 39.5 Å². The lowest BCUT2D eigenvalue weighted by molar-refractivity contribution is -0.00327. The first-order valence-electron chi connectivity index (χ1n) is 6.41. The highest BCUT2D eigenvalue weighted by Gasteiger charge is 2.32. The van der Waals surface area contributed by atoms with E-state index in [0.717, 1.165) is 25.9 Å². The van der Waals surface area contributed by atoms with Crippen LogP contribution in [0.25, 0.3) is 0 Å². The predicted octanol–water partition coefficient (Wildman–Crippen LogP) is 2.28. The van der Waals surface area contributed by atoms with Crippen molar-refractivity contribution in [1.29, 1.82) is 0 Å². The quantitative estimate of drug-likeness (QED) is 0.557. The largest absolute Gasteiger partial charge is 0.444 e. The zero-order chi connectivity index (χ0) is 13.6. The van der Waals surface area contributed by atoms with Crippen LogP contribution in [0, 0.1) is 18.3 Å². The van der Waals surface area contributed by atoms with Crippen LogP contribution in [0.2, 0.25) is 0 Å². The summed E-state index contributed by atoms with van der Waals surface area (Å²) in [5, 5.41) is 0. The van der Waals surface area contributed by atoms with Crippen LogP contribution in [0.3, 0.4) is 0 Å². The lowest BCUT2D eigenvalue weighted by Crippen LogP contribution is -2.51. The Balaban J connectivity index is 2.06. The number of ether oxygens (including phenoxy) is 2. The highest BCUT2D eigenvalue weighted by atomic mass is 16.6. The number of likely N-dealkylation sites (tertiary alicyclic amines) is 1. The average Bonchev–Trinajstić information content (AvgIpc) is 2.17. The summed E-state index contributed by atoms with van der Waals surface area (Å²) in [6.07, 6.45) is 6.94. The molecule has 0 bridgehead atoms. The number of rotatable bonds is 5. The summed E-state index contributed by atoms with van der Waals surface area (Å²) in [6.45, 7) is 8.32. The summed E-state index contributed by atoms with van der Waals surface area (Å²) >= 11 is 0. The van der Waals surface area contributed by atoms with Gasteiger partial charge in [-0.2, -0.15) is 0 Å². The average molecular weight is 253 g/mol. The molecule has 1 heterocycles. The monoisotopic (exact) mass is 253 g/mol. The fourth-order valence-electron chi connectivity index (χ4n) is 1.83. The smallest absolute Gasteiger partial charge is 0.410 e. The molecule has 1 saturated heterocycles. The SMILES string of the molecule is C#CCOCCCC1CN(C(=O)OC(C)(C)C)C1. The number of nitrogens with zero attached hydrogens (tertiary/aromatic N) is 1. The molecular weight excluding hydrogens is 230 g/mol. The van der Waals surface area contributed by atoms with Gasteiger partial charge < -0.3 is 14.4 Å². The Hall–Kier alpha value is -1.21. The Labute approximate surface area is 110 Å². The molecule has 0 N–H and O–H groups in total. The van der Waals surface area contributed by atoms with E-state index in [1.54, 1.807) is 4.90 Å². The Morgan fingerprint density at radius 1 is 1.44 bits per heavy atom. The maximum absolute atomic E-state index is 11.7. The molecule has 1 amide bonds. The van der Waals surface area contributed by atoms with Gasteiger partial charge in [-0.1, -0.05) is 5.92 Å². The van der Waals surface area contributed by atoms with E-state index in [9.17, 15) is 4.79 Å². The number of carbonyl (C=O) groups is 1. The van der Waals surface area contributed by atoms with Crippen LogP contribution in [0.4, 0.5) is 4.79 Å². The Morgan fingerprint density at radius 3 is 2.67 bits per heavy atom. The highest BCUT2D eigenvalue weighted by molar-refractivity contribution is 5.69. The molecule has 0 atom stereocenters. The molecule has 0 aromatic carbocycles. The van der Waals surface area contributed by atoms with Gasteiger partial charge in [0.1, 0.15) is 12.2 Å². The van der Waals surface area contributed by atoms with Crippen molar-refractivity contribution in [2.45, 2.75) is 39.2 Å². The van der Waals surface area contributed by atoms with Gasteiger partial charge in [0.05, 0.1) is 0 Å². The van der Waals surface area contributed by atoms with Crippen LogP contribution in [-0.2, 0) is 9.47 Å². The molecule has 0 saturated carbocycles. The summed E-state index contributed by atoms with van der Waals surface area (Å²) < 4.78 is 10.5. The van der Waals surface area contributed by atoms with Crippen molar-refractivity contribution >= 4 is 6.09 Å². The highest BCUT2D eigenvalue weighted by Crippen LogP contribution is 2.22. The van der Waals surface area contributed by atoms with Crippen LogP contribution in [-0.4, -0.2) is 42.9 Å². The van der Waals surface area contributed by atoms with E-state index in [2.05, 4.69) is 5.92 Å². The van der Waals surface area contributed by atoms with Crippen LogP contribution in [0.1, 0.15) is 33.6 Å². The van der Waals surface area contributed by atoms with Crippen molar-refractivity contribution in [2.24, 2.45) is 5.92 Å². The molecule has 0 aromatic heterocycles. The van der Waals surface area contributed by atoms with Gasteiger partial charge in [0.2, 0.25) is 0 Å². The third-order valence-corrected chi connectivity index (χ3v) is 2.70. The molecule has 102 valence electrons. The molecular formula is C14H23NO3. The maximum Gasteiger partial charge on any atom is 0.410 e. The molecule has 1 aliphatic rings. The molecule has 4 heteroatoms. The number of hydrogen-bond acceptors (Lipinski definition) is 3. The van der Waals surface area contributed by atoms with Crippen molar-refractivity contribution in [1.82, 2.24) is 4.90 Å². The molecule has 18 heavy (non-hydrogen) atoms. The minimum Gasteiger partial charge on any atom is -0.444 e. The Bertz CT molecular complexity index is 308. The van der Waals surface area contributed by atoms with E-state index >= 15 is 0 Å². The molecule has 0 radical (unpaired) electrons. The second-order valence-corrected chi connectivity index (χ2v) is 5.65. The third-order valence-electron chi connectivity index (χ3n) is 2.70. The summed E-state index contributed by atoms with van der Waals surface area (Å²) in [5.41, 5.74) is -0.411. The van der Waals surface area contributed by atoms with Crippen LogP contribution in [0.5, 0.6) is 0 Å². The van der Waals surface area contributed by atoms with E-state index in [1.807, 2.05) is 20.8 Å². The molecule has 0 unspecified atom stereocenters. The van der Waals surface area contributed by atoms with Gasteiger partial charge in [0, 0.05) is 19.7 Å². The first kappa shape index (κ1) is 14.8. The van der Waals surface area contributed by atoms with E-state index in [-0.39, 0.29) is 6.09 Å². The van der Waals surface area contributed by atoms with E-state index in [1.165, 1.54) is 0 Å². The van der Waals surface area contributed by atoms with Crippen LogP contribution in [0.15, 0.2) is 0 Å². The Kier molecular flexibility index (Phi) is 5.49. The lowest BCUT2D eigenvalue weighted by Gasteiger charge is -2.39. The van der Waals surface area contributed by atoms with Gasteiger partial charge >= 0.3 is 6.09 Å². The molecule has 0 spiro atoms. The summed E-state index contributed by atoms with van der Waals surface area (Å²) in [5.74, 6) is 3.01. The first-order chi connectivity index (χ1) is 8.42. The number of hydrogen-bond donors (Lipinski definition) is 0. The number of terminal acetylenes is 1. The fraction of sp³-hybridized carbons (Fsp3) is 0.786. The van der Waals surface area contributed by atoms with Gasteiger partial charge in [-0.3, -0.25) is 0 Å². The van der Waals surface area contributed by atoms with Gasteiger partial charge in [0.15, 0.2) is 0 Å². The minimum absolute atomic E-state index is 0.206. The van der Waals surface area contributed by atoms with Gasteiger partial charge in [-0.15, -0.1) is 6.42 Å². The molecule has 4 nitrogen and oxygen atoms in total. The molecule has 0 aromatic rings. The standard InChI is InChI=1S/C14H23NO3/c1-5-8-17-9-6-7-12-10-15(11-12)13(16)18-14(2,3)4/h1,12H,6-11H2,2-4H3. The zero-order valence-electron chi connectivity index (χ0n) is 11.6. The molecule has 0 aliphatic carbocycles. The fourth-order valence-corrected chi connectivity index (χ4v) is 1.83. The first-order valence-corrected chi connectivity index (χ1v) is 6.41. The van der Waals surface area contributed by atoms with Crippen molar-refractivity contribution in [3.05, 3.63) is 0 Å². The molecule has 1 fully saturated rings. The van der Waals surface area contributed by atoms with E-state index in [4.69, 9.17) is 15.9 Å². The van der Waals surface area contributed by atoms with E-state index < -0.39 is 5.60 Å². The zero-order valence-corrected chi connectivity index (χ0v) is 11.6. The third kappa shape index (κ3) is 5.42.